The van der Waals surface area contributed by atoms with Crippen LogP contribution in [0.5, 0.6) is 0 Å². The third kappa shape index (κ3) is 5.47. The summed E-state index contributed by atoms with van der Waals surface area (Å²) in [5.41, 5.74) is -0.451. The lowest BCUT2D eigenvalue weighted by molar-refractivity contribution is -0.0656. The van der Waals surface area contributed by atoms with Crippen molar-refractivity contribution in [1.29, 1.82) is 0 Å². The van der Waals surface area contributed by atoms with Crippen molar-refractivity contribution in [2.24, 2.45) is 0 Å². The number of alkyl carbamates (subject to hydrolysis) is 1. The Morgan fingerprint density at radius 3 is 2.43 bits per heavy atom. The molecule has 2 aliphatic rings. The monoisotopic (exact) mass is 298 g/mol. The first kappa shape index (κ1) is 16.6. The fourth-order valence-electron chi connectivity index (χ4n) is 3.05. The summed E-state index contributed by atoms with van der Waals surface area (Å²) in [4.78, 5) is 11.7. The van der Waals surface area contributed by atoms with Crippen molar-refractivity contribution in [3.8, 4) is 0 Å². The van der Waals surface area contributed by atoms with Gasteiger partial charge in [0.25, 0.3) is 0 Å². The Labute approximate surface area is 128 Å². The molecule has 0 aromatic carbocycles. The molecule has 1 unspecified atom stereocenters. The summed E-state index contributed by atoms with van der Waals surface area (Å²) in [7, 11) is 0. The molecule has 0 aromatic rings. The molecular weight excluding hydrogens is 268 g/mol. The summed E-state index contributed by atoms with van der Waals surface area (Å²) >= 11 is 0. The third-order valence-corrected chi connectivity index (χ3v) is 4.03. The fourth-order valence-corrected chi connectivity index (χ4v) is 3.05. The highest BCUT2D eigenvalue weighted by Gasteiger charge is 2.35. The quantitative estimate of drug-likeness (QED) is 0.841. The number of hydrogen-bond acceptors (Lipinski definition) is 4. The van der Waals surface area contributed by atoms with Crippen molar-refractivity contribution < 1.29 is 14.3 Å². The van der Waals surface area contributed by atoms with Gasteiger partial charge < -0.3 is 20.1 Å². The van der Waals surface area contributed by atoms with E-state index in [1.54, 1.807) is 0 Å². The van der Waals surface area contributed by atoms with Gasteiger partial charge in [0.2, 0.25) is 0 Å². The van der Waals surface area contributed by atoms with Crippen molar-refractivity contribution >= 4 is 6.09 Å². The lowest BCUT2D eigenvalue weighted by atomic mass is 9.84. The van der Waals surface area contributed by atoms with E-state index in [4.69, 9.17) is 9.47 Å². The zero-order valence-corrected chi connectivity index (χ0v) is 14.0. The van der Waals surface area contributed by atoms with Crippen LogP contribution < -0.4 is 10.6 Å². The maximum atomic E-state index is 11.7. The second-order valence-corrected chi connectivity index (χ2v) is 7.98. The van der Waals surface area contributed by atoms with Crippen molar-refractivity contribution in [2.45, 2.75) is 89.6 Å². The minimum atomic E-state index is -0.431. The van der Waals surface area contributed by atoms with E-state index < -0.39 is 5.60 Å². The van der Waals surface area contributed by atoms with E-state index in [0.29, 0.717) is 12.1 Å². The summed E-state index contributed by atoms with van der Waals surface area (Å²) in [6, 6.07) is 1.27. The van der Waals surface area contributed by atoms with Crippen molar-refractivity contribution in [3.05, 3.63) is 0 Å². The molecule has 2 rings (SSSR count). The van der Waals surface area contributed by atoms with Crippen molar-refractivity contribution in [1.82, 2.24) is 10.6 Å². The maximum absolute atomic E-state index is 11.7. The van der Waals surface area contributed by atoms with Crippen LogP contribution in [0.3, 0.4) is 0 Å². The van der Waals surface area contributed by atoms with Crippen molar-refractivity contribution in [3.63, 3.8) is 0 Å². The number of carbonyl (C=O) groups is 1. The normalized spacial score (nSPS) is 32.1. The summed E-state index contributed by atoms with van der Waals surface area (Å²) in [6.45, 7) is 10.8. The van der Waals surface area contributed by atoms with Gasteiger partial charge in [0, 0.05) is 24.7 Å². The Morgan fingerprint density at radius 2 is 1.86 bits per heavy atom. The molecule has 2 fully saturated rings. The summed E-state index contributed by atoms with van der Waals surface area (Å²) in [5, 5.41) is 6.62. The topological polar surface area (TPSA) is 59.6 Å². The van der Waals surface area contributed by atoms with Crippen LogP contribution in [0.1, 0.15) is 60.3 Å². The van der Waals surface area contributed by atoms with Gasteiger partial charge in [-0.15, -0.1) is 0 Å². The van der Waals surface area contributed by atoms with Crippen LogP contribution in [0.25, 0.3) is 0 Å². The Kier molecular flexibility index (Phi) is 4.83. The molecule has 2 N–H and O–H groups in total. The van der Waals surface area contributed by atoms with E-state index in [1.165, 1.54) is 0 Å². The van der Waals surface area contributed by atoms with Crippen LogP contribution in [0.4, 0.5) is 4.79 Å². The molecule has 1 heterocycles. The van der Waals surface area contributed by atoms with Crippen LogP contribution in [-0.2, 0) is 9.47 Å². The summed E-state index contributed by atoms with van der Waals surface area (Å²) in [6.07, 6.45) is 3.78. The average molecular weight is 298 g/mol. The number of carbonyl (C=O) groups excluding carboxylic acids is 1. The van der Waals surface area contributed by atoms with E-state index in [2.05, 4.69) is 24.5 Å². The molecular formula is C16H30N2O3. The van der Waals surface area contributed by atoms with E-state index >= 15 is 0 Å². The molecule has 122 valence electrons. The van der Waals surface area contributed by atoms with Crippen LogP contribution in [0.15, 0.2) is 0 Å². The highest BCUT2D eigenvalue weighted by atomic mass is 16.6. The van der Waals surface area contributed by atoms with Gasteiger partial charge >= 0.3 is 6.09 Å². The molecule has 5 heteroatoms. The lowest BCUT2D eigenvalue weighted by Crippen LogP contribution is -2.57. The molecule has 1 aliphatic heterocycles. The maximum Gasteiger partial charge on any atom is 0.407 e. The Morgan fingerprint density at radius 1 is 1.19 bits per heavy atom. The second kappa shape index (κ2) is 6.13. The Hall–Kier alpha value is -0.810. The van der Waals surface area contributed by atoms with Crippen LogP contribution in [-0.4, -0.2) is 42.0 Å². The number of rotatable bonds is 3. The van der Waals surface area contributed by atoms with E-state index in [-0.39, 0.29) is 17.7 Å². The van der Waals surface area contributed by atoms with Gasteiger partial charge in [0.15, 0.2) is 0 Å². The number of nitrogens with one attached hydrogen (secondary N) is 2. The molecule has 0 radical (unpaired) electrons. The first-order chi connectivity index (χ1) is 9.63. The molecule has 1 saturated carbocycles. The first-order valence-corrected chi connectivity index (χ1v) is 8.02. The standard InChI is InChI=1S/C16H30N2O3/c1-15(2,3)21-14(19)18-13-8-12(9-13)17-11-6-7-20-16(4,5)10-11/h11-13,17H,6-10H2,1-5H3,(H,18,19). The number of amides is 1. The number of ether oxygens (including phenoxy) is 2. The van der Waals surface area contributed by atoms with Gasteiger partial charge in [-0.2, -0.15) is 0 Å². The van der Waals surface area contributed by atoms with Crippen LogP contribution in [0.2, 0.25) is 0 Å². The van der Waals surface area contributed by atoms with E-state index in [0.717, 1.165) is 32.3 Å². The molecule has 1 amide bonds. The minimum absolute atomic E-state index is 0.0200. The van der Waals surface area contributed by atoms with Crippen LogP contribution >= 0.6 is 0 Å². The van der Waals surface area contributed by atoms with Crippen LogP contribution in [0, 0.1) is 0 Å². The highest BCUT2D eigenvalue weighted by molar-refractivity contribution is 5.68. The SMILES string of the molecule is CC(C)(C)OC(=O)NC1CC(NC2CCOC(C)(C)C2)C1. The lowest BCUT2D eigenvalue weighted by Gasteiger charge is -2.42. The fraction of sp³-hybridized carbons (Fsp3) is 0.938. The summed E-state index contributed by atoms with van der Waals surface area (Å²) in [5.74, 6) is 0. The largest absolute Gasteiger partial charge is 0.444 e. The molecule has 21 heavy (non-hydrogen) atoms. The predicted molar refractivity (Wildman–Crippen MR) is 82.4 cm³/mol. The first-order valence-electron chi connectivity index (χ1n) is 8.02. The molecule has 5 nitrogen and oxygen atoms in total. The third-order valence-electron chi connectivity index (χ3n) is 4.03. The van der Waals surface area contributed by atoms with Gasteiger partial charge in [-0.25, -0.2) is 4.79 Å². The predicted octanol–water partition coefficient (Wildman–Crippen LogP) is 2.59. The molecule has 1 atom stereocenters. The molecule has 0 spiro atoms. The smallest absolute Gasteiger partial charge is 0.407 e. The Bertz CT molecular complexity index is 370. The molecule has 1 aliphatic carbocycles. The summed E-state index contributed by atoms with van der Waals surface area (Å²) < 4.78 is 11.0. The Balaban J connectivity index is 1.64. The van der Waals surface area contributed by atoms with Gasteiger partial charge in [-0.05, 0) is 60.3 Å². The molecule has 0 bridgehead atoms. The average Bonchev–Trinajstić information content (AvgIpc) is 2.21. The minimum Gasteiger partial charge on any atom is -0.444 e. The van der Waals surface area contributed by atoms with E-state index in [9.17, 15) is 4.79 Å². The van der Waals surface area contributed by atoms with Gasteiger partial charge in [-0.3, -0.25) is 0 Å². The van der Waals surface area contributed by atoms with Gasteiger partial charge in [0.1, 0.15) is 5.60 Å². The van der Waals surface area contributed by atoms with Crippen molar-refractivity contribution in [2.75, 3.05) is 6.61 Å². The van der Waals surface area contributed by atoms with Gasteiger partial charge in [0.05, 0.1) is 5.60 Å². The second-order valence-electron chi connectivity index (χ2n) is 7.98. The highest BCUT2D eigenvalue weighted by Crippen LogP contribution is 2.27. The number of hydrogen-bond donors (Lipinski definition) is 2. The van der Waals surface area contributed by atoms with E-state index in [1.807, 2.05) is 20.8 Å². The molecule has 0 aromatic heterocycles. The zero-order chi connectivity index (χ0) is 15.7. The molecule has 1 saturated heterocycles. The van der Waals surface area contributed by atoms with Gasteiger partial charge in [-0.1, -0.05) is 0 Å². The zero-order valence-electron chi connectivity index (χ0n) is 14.0.